The minimum absolute atomic E-state index is 0.374. The van der Waals surface area contributed by atoms with Crippen LogP contribution in [0.2, 0.25) is 0 Å². The summed E-state index contributed by atoms with van der Waals surface area (Å²) in [5, 5.41) is 1.36. The molecule has 0 saturated carbocycles. The fraction of sp³-hybridized carbons (Fsp3) is 0.600. The molecule has 1 aromatic carbocycles. The zero-order valence-electron chi connectivity index (χ0n) is 14.5. The van der Waals surface area contributed by atoms with Gasteiger partial charge in [-0.1, -0.05) is 89.0 Å². The maximum Gasteiger partial charge on any atom is 0.199 e. The lowest BCUT2D eigenvalue weighted by Crippen LogP contribution is -1.95. The Hall–Kier alpha value is -1.09. The summed E-state index contributed by atoms with van der Waals surface area (Å²) < 4.78 is 24.1. The van der Waals surface area contributed by atoms with Crippen LogP contribution in [0.3, 0.4) is 0 Å². The van der Waals surface area contributed by atoms with E-state index in [1.165, 1.54) is 63.2 Å². The molecule has 1 rings (SSSR count). The third-order valence-corrected chi connectivity index (χ3v) is 5.55. The number of hydrogen-bond donors (Lipinski definition) is 0. The van der Waals surface area contributed by atoms with E-state index in [2.05, 4.69) is 6.92 Å². The van der Waals surface area contributed by atoms with Crippen LogP contribution in [-0.4, -0.2) is 8.42 Å². The highest BCUT2D eigenvalue weighted by molar-refractivity contribution is 7.94. The van der Waals surface area contributed by atoms with Crippen LogP contribution in [-0.2, 0) is 9.84 Å². The lowest BCUT2D eigenvalue weighted by Gasteiger charge is -2.01. The van der Waals surface area contributed by atoms with Gasteiger partial charge in [0.15, 0.2) is 9.84 Å². The highest BCUT2D eigenvalue weighted by Gasteiger charge is 2.07. The van der Waals surface area contributed by atoms with Gasteiger partial charge in [0, 0.05) is 5.41 Å². The van der Waals surface area contributed by atoms with Crippen molar-refractivity contribution in [3.63, 3.8) is 0 Å². The minimum atomic E-state index is -3.25. The molecule has 0 aliphatic heterocycles. The SMILES string of the molecule is CCCCCCCCCCCC/C=C/S(=O)(=O)c1ccccc1. The standard InChI is InChI=1S/C20H32O2S/c1-2-3-4-5-6-7-8-9-10-11-12-16-19-23(21,22)20-17-14-13-15-18-20/h13-19H,2-12H2,1H3/b19-16+. The molecule has 23 heavy (non-hydrogen) atoms. The number of rotatable bonds is 13. The first-order valence-corrected chi connectivity index (χ1v) is 10.7. The van der Waals surface area contributed by atoms with Crippen LogP contribution >= 0.6 is 0 Å². The summed E-state index contributed by atoms with van der Waals surface area (Å²) in [6.07, 6.45) is 15.7. The van der Waals surface area contributed by atoms with Crippen molar-refractivity contribution in [3.05, 3.63) is 41.8 Å². The number of unbranched alkanes of at least 4 members (excludes halogenated alkanes) is 10. The Morgan fingerprint density at radius 1 is 0.783 bits per heavy atom. The molecule has 0 N–H and O–H groups in total. The molecule has 0 radical (unpaired) electrons. The summed E-state index contributed by atoms with van der Waals surface area (Å²) >= 11 is 0. The molecule has 130 valence electrons. The van der Waals surface area contributed by atoms with Crippen LogP contribution in [0.1, 0.15) is 77.6 Å². The van der Waals surface area contributed by atoms with Gasteiger partial charge in [-0.2, -0.15) is 0 Å². The molecule has 2 nitrogen and oxygen atoms in total. The molecule has 0 aromatic heterocycles. The minimum Gasteiger partial charge on any atom is -0.219 e. The van der Waals surface area contributed by atoms with Crippen LogP contribution in [0.4, 0.5) is 0 Å². The van der Waals surface area contributed by atoms with Crippen LogP contribution in [0.5, 0.6) is 0 Å². The Kier molecular flexibility index (Phi) is 10.7. The van der Waals surface area contributed by atoms with E-state index in [4.69, 9.17) is 0 Å². The Labute approximate surface area is 142 Å². The van der Waals surface area contributed by atoms with Gasteiger partial charge in [-0.05, 0) is 25.0 Å². The van der Waals surface area contributed by atoms with E-state index < -0.39 is 9.84 Å². The van der Waals surface area contributed by atoms with Crippen molar-refractivity contribution in [3.8, 4) is 0 Å². The summed E-state index contributed by atoms with van der Waals surface area (Å²) in [7, 11) is -3.25. The van der Waals surface area contributed by atoms with Crippen molar-refractivity contribution in [1.29, 1.82) is 0 Å². The average Bonchev–Trinajstić information content (AvgIpc) is 2.56. The second-order valence-corrected chi connectivity index (χ2v) is 8.03. The van der Waals surface area contributed by atoms with E-state index in [1.54, 1.807) is 30.3 Å². The van der Waals surface area contributed by atoms with Gasteiger partial charge in [-0.15, -0.1) is 0 Å². The molecule has 0 atom stereocenters. The third kappa shape index (κ3) is 9.60. The molecule has 0 heterocycles. The monoisotopic (exact) mass is 336 g/mol. The predicted molar refractivity (Wildman–Crippen MR) is 99.2 cm³/mol. The van der Waals surface area contributed by atoms with Gasteiger partial charge in [0.1, 0.15) is 0 Å². The van der Waals surface area contributed by atoms with Crippen molar-refractivity contribution in [2.45, 2.75) is 82.4 Å². The van der Waals surface area contributed by atoms with E-state index in [9.17, 15) is 8.42 Å². The Morgan fingerprint density at radius 2 is 1.30 bits per heavy atom. The smallest absolute Gasteiger partial charge is 0.199 e. The molecular weight excluding hydrogens is 304 g/mol. The third-order valence-electron chi connectivity index (χ3n) is 4.07. The summed E-state index contributed by atoms with van der Waals surface area (Å²) in [6.45, 7) is 2.25. The lowest BCUT2D eigenvalue weighted by molar-refractivity contribution is 0.557. The summed E-state index contributed by atoms with van der Waals surface area (Å²) in [5.41, 5.74) is 0. The quantitative estimate of drug-likeness (QED) is 0.397. The second kappa shape index (κ2) is 12.3. The molecular formula is C20H32O2S. The molecule has 0 bridgehead atoms. The molecule has 1 aromatic rings. The van der Waals surface area contributed by atoms with Gasteiger partial charge in [0.2, 0.25) is 0 Å². The van der Waals surface area contributed by atoms with Crippen LogP contribution in [0.15, 0.2) is 46.7 Å². The van der Waals surface area contributed by atoms with Crippen LogP contribution in [0.25, 0.3) is 0 Å². The van der Waals surface area contributed by atoms with Crippen LogP contribution < -0.4 is 0 Å². The molecule has 3 heteroatoms. The number of allylic oxidation sites excluding steroid dienone is 1. The average molecular weight is 337 g/mol. The Morgan fingerprint density at radius 3 is 1.87 bits per heavy atom. The first-order chi connectivity index (χ1) is 11.2. The molecule has 0 aliphatic carbocycles. The fourth-order valence-corrected chi connectivity index (χ4v) is 3.72. The van der Waals surface area contributed by atoms with E-state index in [0.717, 1.165) is 12.8 Å². The topological polar surface area (TPSA) is 34.1 Å². The normalized spacial score (nSPS) is 12.0. The maximum absolute atomic E-state index is 12.0. The van der Waals surface area contributed by atoms with Crippen molar-refractivity contribution in [1.82, 2.24) is 0 Å². The highest BCUT2D eigenvalue weighted by Crippen LogP contribution is 2.13. The summed E-state index contributed by atoms with van der Waals surface area (Å²) in [4.78, 5) is 0.374. The second-order valence-electron chi connectivity index (χ2n) is 6.20. The van der Waals surface area contributed by atoms with Crippen molar-refractivity contribution in [2.75, 3.05) is 0 Å². The van der Waals surface area contributed by atoms with Gasteiger partial charge in [-0.3, -0.25) is 0 Å². The Balaban J connectivity index is 2.04. The van der Waals surface area contributed by atoms with Gasteiger partial charge < -0.3 is 0 Å². The molecule has 0 aliphatic rings. The van der Waals surface area contributed by atoms with Gasteiger partial charge in [0.05, 0.1) is 4.90 Å². The van der Waals surface area contributed by atoms with E-state index in [0.29, 0.717) is 4.90 Å². The number of benzene rings is 1. The van der Waals surface area contributed by atoms with Crippen molar-refractivity contribution < 1.29 is 8.42 Å². The fourth-order valence-electron chi connectivity index (χ4n) is 2.63. The lowest BCUT2D eigenvalue weighted by atomic mass is 10.1. The van der Waals surface area contributed by atoms with Gasteiger partial charge in [-0.25, -0.2) is 8.42 Å². The van der Waals surface area contributed by atoms with Gasteiger partial charge in [0.25, 0.3) is 0 Å². The van der Waals surface area contributed by atoms with E-state index in [1.807, 2.05) is 6.07 Å². The molecule has 0 spiro atoms. The molecule has 0 fully saturated rings. The highest BCUT2D eigenvalue weighted by atomic mass is 32.2. The molecule has 0 amide bonds. The van der Waals surface area contributed by atoms with E-state index in [-0.39, 0.29) is 0 Å². The molecule has 0 unspecified atom stereocenters. The zero-order valence-corrected chi connectivity index (χ0v) is 15.4. The van der Waals surface area contributed by atoms with E-state index >= 15 is 0 Å². The summed E-state index contributed by atoms with van der Waals surface area (Å²) in [5.74, 6) is 0. The number of hydrogen-bond acceptors (Lipinski definition) is 2. The van der Waals surface area contributed by atoms with Gasteiger partial charge >= 0.3 is 0 Å². The first-order valence-electron chi connectivity index (χ1n) is 9.13. The predicted octanol–water partition coefficient (Wildman–Crippen LogP) is 6.29. The summed E-state index contributed by atoms with van der Waals surface area (Å²) in [6, 6.07) is 8.61. The first kappa shape index (κ1) is 20.0. The maximum atomic E-state index is 12.0. The molecule has 0 saturated heterocycles. The van der Waals surface area contributed by atoms with Crippen molar-refractivity contribution in [2.24, 2.45) is 0 Å². The Bertz CT molecular complexity index is 518. The number of sulfone groups is 1. The van der Waals surface area contributed by atoms with Crippen molar-refractivity contribution >= 4 is 9.84 Å². The largest absolute Gasteiger partial charge is 0.219 e. The zero-order chi connectivity index (χ0) is 16.8. The van der Waals surface area contributed by atoms with Crippen LogP contribution in [0, 0.1) is 0 Å².